The van der Waals surface area contributed by atoms with Gasteiger partial charge in [-0.2, -0.15) is 0 Å². The minimum absolute atomic E-state index is 0.605. The molecular weight excluding hydrogens is 289 g/mol. The maximum Gasteiger partial charge on any atom is 0.268 e. The van der Waals surface area contributed by atoms with Crippen LogP contribution in [0, 0.1) is 6.92 Å². The predicted octanol–water partition coefficient (Wildman–Crippen LogP) is 1.94. The Morgan fingerprint density at radius 1 is 1.26 bits per heavy atom. The van der Waals surface area contributed by atoms with Crippen LogP contribution >= 0.6 is 23.2 Å². The van der Waals surface area contributed by atoms with Crippen molar-refractivity contribution in [3.63, 3.8) is 0 Å². The Bertz CT molecular complexity index is 553. The average Bonchev–Trinajstić information content (AvgIpc) is 2.38. The van der Waals surface area contributed by atoms with Crippen LogP contribution in [-0.4, -0.2) is 11.9 Å². The number of hydrogen-bond acceptors (Lipinski definition) is 3. The summed E-state index contributed by atoms with van der Waals surface area (Å²) in [4.78, 5) is 22.3. The fourth-order valence-electron chi connectivity index (χ4n) is 1.56. The molecule has 1 N–H and O–H groups in total. The van der Waals surface area contributed by atoms with Gasteiger partial charge in [0.1, 0.15) is 5.03 Å². The summed E-state index contributed by atoms with van der Waals surface area (Å²) in [5, 5.41) is 11.7. The minimum atomic E-state index is -1.69. The molecule has 0 spiro atoms. The summed E-state index contributed by atoms with van der Waals surface area (Å²) in [5.41, 5.74) is 2.38. The molecule has 1 aromatic rings. The van der Waals surface area contributed by atoms with Crippen molar-refractivity contribution in [2.45, 2.75) is 20.3 Å². The molecule has 0 atom stereocenters. The molecule has 0 aliphatic carbocycles. The summed E-state index contributed by atoms with van der Waals surface area (Å²) in [6, 6.07) is 5.56. The van der Waals surface area contributed by atoms with E-state index in [1.54, 1.807) is 0 Å². The molecule has 0 saturated heterocycles. The first-order valence-corrected chi connectivity index (χ1v) is 6.30. The molecule has 1 aromatic carbocycles. The lowest BCUT2D eigenvalue weighted by Crippen LogP contribution is -2.25. The molecule has 0 fully saturated rings. The van der Waals surface area contributed by atoms with Crippen molar-refractivity contribution in [1.29, 1.82) is 0 Å². The van der Waals surface area contributed by atoms with E-state index in [9.17, 15) is 14.7 Å². The molecule has 19 heavy (non-hydrogen) atoms. The van der Waals surface area contributed by atoms with E-state index in [0.29, 0.717) is 12.1 Å². The SMILES string of the molecule is CCc1cccc(C)c1NC(=O)/C(Cl)=C(\Cl)C(=O)[O-]. The van der Waals surface area contributed by atoms with Crippen LogP contribution in [0.15, 0.2) is 28.3 Å². The molecule has 0 radical (unpaired) electrons. The normalized spacial score (nSPS) is 11.8. The van der Waals surface area contributed by atoms with Gasteiger partial charge >= 0.3 is 0 Å². The van der Waals surface area contributed by atoms with E-state index >= 15 is 0 Å². The van der Waals surface area contributed by atoms with E-state index in [0.717, 1.165) is 11.1 Å². The van der Waals surface area contributed by atoms with Gasteiger partial charge < -0.3 is 15.2 Å². The van der Waals surface area contributed by atoms with Crippen LogP contribution in [0.1, 0.15) is 18.1 Å². The largest absolute Gasteiger partial charge is 0.544 e. The molecule has 0 aromatic heterocycles. The zero-order valence-corrected chi connectivity index (χ0v) is 11.9. The van der Waals surface area contributed by atoms with E-state index in [2.05, 4.69) is 5.32 Å². The van der Waals surface area contributed by atoms with Gasteiger partial charge in [-0.05, 0) is 24.5 Å². The summed E-state index contributed by atoms with van der Waals surface area (Å²) in [5.74, 6) is -2.47. The summed E-state index contributed by atoms with van der Waals surface area (Å²) < 4.78 is 0. The minimum Gasteiger partial charge on any atom is -0.544 e. The number of rotatable bonds is 4. The molecule has 6 heteroatoms. The molecule has 0 aliphatic rings. The Balaban J connectivity index is 3.08. The number of para-hydroxylation sites is 1. The number of hydrogen-bond donors (Lipinski definition) is 1. The number of carboxylic acid groups (broad SMARTS) is 1. The van der Waals surface area contributed by atoms with Gasteiger partial charge in [0.05, 0.1) is 11.0 Å². The molecule has 1 rings (SSSR count). The molecule has 102 valence electrons. The van der Waals surface area contributed by atoms with Crippen molar-refractivity contribution >= 4 is 40.8 Å². The van der Waals surface area contributed by atoms with Crippen LogP contribution < -0.4 is 10.4 Å². The summed E-state index contributed by atoms with van der Waals surface area (Å²) in [7, 11) is 0. The number of benzene rings is 1. The van der Waals surface area contributed by atoms with Crippen LogP contribution in [0.4, 0.5) is 5.69 Å². The molecule has 0 unspecified atom stereocenters. The monoisotopic (exact) mass is 300 g/mol. The van der Waals surface area contributed by atoms with E-state index in [4.69, 9.17) is 23.2 Å². The summed E-state index contributed by atoms with van der Waals surface area (Å²) >= 11 is 11.0. The zero-order chi connectivity index (χ0) is 14.6. The number of halogens is 2. The highest BCUT2D eigenvalue weighted by Gasteiger charge is 2.15. The van der Waals surface area contributed by atoms with Crippen molar-refractivity contribution in [3.05, 3.63) is 39.4 Å². The van der Waals surface area contributed by atoms with Crippen LogP contribution in [0.25, 0.3) is 0 Å². The lowest BCUT2D eigenvalue weighted by Gasteiger charge is -2.13. The van der Waals surface area contributed by atoms with Crippen molar-refractivity contribution in [2.75, 3.05) is 5.32 Å². The molecule has 0 heterocycles. The van der Waals surface area contributed by atoms with Crippen LogP contribution in [-0.2, 0) is 16.0 Å². The van der Waals surface area contributed by atoms with Gasteiger partial charge in [-0.15, -0.1) is 0 Å². The fourth-order valence-corrected chi connectivity index (χ4v) is 1.77. The van der Waals surface area contributed by atoms with E-state index in [1.165, 1.54) is 0 Å². The number of carboxylic acids is 1. The molecule has 0 bridgehead atoms. The fraction of sp³-hybridized carbons (Fsp3) is 0.231. The Hall–Kier alpha value is -1.52. The maximum atomic E-state index is 11.8. The number of carbonyl (C=O) groups is 2. The molecular formula is C13H12Cl2NO3-. The first-order valence-electron chi connectivity index (χ1n) is 5.55. The van der Waals surface area contributed by atoms with Gasteiger partial charge in [0.15, 0.2) is 0 Å². The van der Waals surface area contributed by atoms with Crippen molar-refractivity contribution in [1.82, 2.24) is 0 Å². The second kappa shape index (κ2) is 6.59. The lowest BCUT2D eigenvalue weighted by atomic mass is 10.1. The predicted molar refractivity (Wildman–Crippen MR) is 72.9 cm³/mol. The van der Waals surface area contributed by atoms with Crippen LogP contribution in [0.2, 0.25) is 0 Å². The molecule has 0 saturated carbocycles. The summed E-state index contributed by atoms with van der Waals surface area (Å²) in [6.07, 6.45) is 0.715. The second-order valence-electron chi connectivity index (χ2n) is 3.83. The third kappa shape index (κ3) is 3.72. The van der Waals surface area contributed by atoms with Crippen molar-refractivity contribution < 1.29 is 14.7 Å². The first kappa shape index (κ1) is 15.5. The van der Waals surface area contributed by atoms with Gasteiger partial charge in [0.2, 0.25) is 0 Å². The lowest BCUT2D eigenvalue weighted by molar-refractivity contribution is -0.298. The Labute approximate surface area is 121 Å². The van der Waals surface area contributed by atoms with E-state index < -0.39 is 21.9 Å². The van der Waals surface area contributed by atoms with Crippen molar-refractivity contribution in [2.24, 2.45) is 0 Å². The smallest absolute Gasteiger partial charge is 0.268 e. The quantitative estimate of drug-likeness (QED) is 0.864. The molecule has 4 nitrogen and oxygen atoms in total. The molecule has 1 amide bonds. The number of anilines is 1. The van der Waals surface area contributed by atoms with E-state index in [-0.39, 0.29) is 0 Å². The van der Waals surface area contributed by atoms with Gasteiger partial charge in [0.25, 0.3) is 5.91 Å². The van der Waals surface area contributed by atoms with Gasteiger partial charge in [-0.25, -0.2) is 0 Å². The maximum absolute atomic E-state index is 11.8. The Morgan fingerprint density at radius 3 is 2.42 bits per heavy atom. The number of carbonyl (C=O) groups excluding carboxylic acids is 2. The Morgan fingerprint density at radius 2 is 1.89 bits per heavy atom. The zero-order valence-electron chi connectivity index (χ0n) is 10.4. The standard InChI is InChI=1S/C13H13Cl2NO3/c1-3-8-6-4-5-7(2)11(8)16-12(17)9(14)10(15)13(18)19/h4-6H,3H2,1-2H3,(H,16,17)(H,18,19)/p-1/b10-9+. The number of amides is 1. The highest BCUT2D eigenvalue weighted by molar-refractivity contribution is 6.54. The highest BCUT2D eigenvalue weighted by Crippen LogP contribution is 2.23. The molecule has 0 aliphatic heterocycles. The van der Waals surface area contributed by atoms with Gasteiger partial charge in [0, 0.05) is 5.69 Å². The number of aryl methyl sites for hydroxylation is 2. The second-order valence-corrected chi connectivity index (χ2v) is 4.59. The van der Waals surface area contributed by atoms with Gasteiger partial charge in [-0.3, -0.25) is 4.79 Å². The number of nitrogens with one attached hydrogen (secondary N) is 1. The third-order valence-corrected chi connectivity index (χ3v) is 3.35. The first-order chi connectivity index (χ1) is 8.88. The number of aliphatic carboxylic acids is 1. The van der Waals surface area contributed by atoms with Crippen LogP contribution in [0.3, 0.4) is 0 Å². The van der Waals surface area contributed by atoms with Gasteiger partial charge in [-0.1, -0.05) is 48.3 Å². The Kier molecular flexibility index (Phi) is 5.39. The van der Waals surface area contributed by atoms with Crippen LogP contribution in [0.5, 0.6) is 0 Å². The van der Waals surface area contributed by atoms with E-state index in [1.807, 2.05) is 32.0 Å². The topological polar surface area (TPSA) is 69.2 Å². The summed E-state index contributed by atoms with van der Waals surface area (Å²) in [6.45, 7) is 3.77. The average molecular weight is 301 g/mol. The van der Waals surface area contributed by atoms with Crippen molar-refractivity contribution in [3.8, 4) is 0 Å². The third-order valence-electron chi connectivity index (χ3n) is 2.55. The highest BCUT2D eigenvalue weighted by atomic mass is 35.5.